The molecule has 0 fully saturated rings. The van der Waals surface area contributed by atoms with Crippen LogP contribution in [0.25, 0.3) is 0 Å². The second-order valence-electron chi connectivity index (χ2n) is 2.61. The summed E-state index contributed by atoms with van der Waals surface area (Å²) in [5.41, 5.74) is 0.123. The van der Waals surface area contributed by atoms with Gasteiger partial charge >= 0.3 is 0 Å². The number of aromatic nitrogens is 1. The maximum atomic E-state index is 13.1. The molecule has 0 spiro atoms. The number of hydrogen-bond acceptors (Lipinski definition) is 4. The summed E-state index contributed by atoms with van der Waals surface area (Å²) in [4.78, 5) is 14.8. The summed E-state index contributed by atoms with van der Waals surface area (Å²) in [6.07, 6.45) is 1.09. The highest BCUT2D eigenvalue weighted by atomic mass is 19.1. The summed E-state index contributed by atoms with van der Waals surface area (Å²) in [6.45, 7) is 0. The first-order chi connectivity index (χ1) is 7.15. The number of hydrogen-bond donors (Lipinski definition) is 1. The number of pyridine rings is 1. The van der Waals surface area contributed by atoms with Gasteiger partial charge < -0.3 is 14.8 Å². The van der Waals surface area contributed by atoms with Gasteiger partial charge in [0.25, 0.3) is 11.9 Å². The van der Waals surface area contributed by atoms with Gasteiger partial charge in [0, 0.05) is 13.2 Å². The van der Waals surface area contributed by atoms with Crippen molar-refractivity contribution in [1.29, 1.82) is 0 Å². The molecule has 0 saturated heterocycles. The van der Waals surface area contributed by atoms with Crippen LogP contribution in [0.5, 0.6) is 11.5 Å². The third kappa shape index (κ3) is 1.98. The molecule has 1 heterocycles. The highest BCUT2D eigenvalue weighted by Crippen LogP contribution is 2.31. The van der Waals surface area contributed by atoms with Gasteiger partial charge in [-0.1, -0.05) is 0 Å². The zero-order valence-corrected chi connectivity index (χ0v) is 8.63. The molecule has 0 radical (unpaired) electrons. The molecular weight excluding hydrogens is 203 g/mol. The maximum Gasteiger partial charge on any atom is 0.259 e. The Balaban J connectivity index is 3.35. The van der Waals surface area contributed by atoms with Crippen LogP contribution < -0.4 is 14.8 Å². The molecule has 1 aromatic rings. The van der Waals surface area contributed by atoms with E-state index in [1.165, 1.54) is 21.3 Å². The van der Waals surface area contributed by atoms with E-state index in [1.807, 2.05) is 0 Å². The number of carbonyl (C=O) groups is 1. The predicted octanol–water partition coefficient (Wildman–Crippen LogP) is 0.597. The fraction of sp³-hybridized carbons (Fsp3) is 0.333. The quantitative estimate of drug-likeness (QED) is 0.748. The lowest BCUT2D eigenvalue weighted by Gasteiger charge is -2.11. The molecule has 0 aliphatic heterocycles. The van der Waals surface area contributed by atoms with Crippen molar-refractivity contribution in [2.45, 2.75) is 0 Å². The van der Waals surface area contributed by atoms with Crippen molar-refractivity contribution in [2.75, 3.05) is 21.3 Å². The number of rotatable bonds is 3. The lowest BCUT2D eigenvalue weighted by Crippen LogP contribution is -2.19. The lowest BCUT2D eigenvalue weighted by molar-refractivity contribution is 0.0958. The summed E-state index contributed by atoms with van der Waals surface area (Å²) in [5.74, 6) is -1.39. The number of methoxy groups -OCH3 is 2. The molecule has 0 aromatic carbocycles. The minimum Gasteiger partial charge on any atom is -0.492 e. The highest BCUT2D eigenvalue weighted by Gasteiger charge is 2.20. The van der Waals surface area contributed by atoms with Gasteiger partial charge in [0.15, 0.2) is 5.75 Å². The van der Waals surface area contributed by atoms with E-state index in [0.717, 1.165) is 6.20 Å². The van der Waals surface area contributed by atoms with Gasteiger partial charge in [0.2, 0.25) is 5.75 Å². The third-order valence-corrected chi connectivity index (χ3v) is 1.83. The lowest BCUT2D eigenvalue weighted by atomic mass is 10.2. The second kappa shape index (κ2) is 4.59. The Morgan fingerprint density at radius 2 is 2.00 bits per heavy atom. The van der Waals surface area contributed by atoms with Gasteiger partial charge in [-0.25, -0.2) is 4.98 Å². The summed E-state index contributed by atoms with van der Waals surface area (Å²) >= 11 is 0. The van der Waals surface area contributed by atoms with E-state index in [1.54, 1.807) is 0 Å². The number of nitrogens with one attached hydrogen (secondary N) is 1. The summed E-state index contributed by atoms with van der Waals surface area (Å²) in [6, 6.07) is 0. The fourth-order valence-electron chi connectivity index (χ4n) is 1.13. The molecule has 0 aliphatic rings. The number of halogens is 1. The van der Waals surface area contributed by atoms with Gasteiger partial charge in [-0.3, -0.25) is 4.79 Å². The summed E-state index contributed by atoms with van der Waals surface area (Å²) in [5, 5.41) is 2.39. The number of ether oxygens (including phenoxy) is 2. The molecule has 6 heteroatoms. The van der Waals surface area contributed by atoms with Crippen LogP contribution in [0.3, 0.4) is 0 Å². The first-order valence-electron chi connectivity index (χ1n) is 4.14. The summed E-state index contributed by atoms with van der Waals surface area (Å²) < 4.78 is 22.8. The van der Waals surface area contributed by atoms with Crippen molar-refractivity contribution >= 4 is 5.91 Å². The summed E-state index contributed by atoms with van der Waals surface area (Å²) in [7, 11) is 4.05. The molecule has 15 heavy (non-hydrogen) atoms. The topological polar surface area (TPSA) is 60.5 Å². The molecule has 1 rings (SSSR count). The number of nitrogens with zero attached hydrogens (tertiary/aromatic N) is 1. The van der Waals surface area contributed by atoms with Crippen LogP contribution >= 0.6 is 0 Å². The van der Waals surface area contributed by atoms with Crippen molar-refractivity contribution in [2.24, 2.45) is 0 Å². The average Bonchev–Trinajstić information content (AvgIpc) is 2.27. The largest absolute Gasteiger partial charge is 0.492 e. The molecule has 82 valence electrons. The monoisotopic (exact) mass is 214 g/mol. The highest BCUT2D eigenvalue weighted by molar-refractivity contribution is 5.97. The Kier molecular flexibility index (Phi) is 3.43. The first kappa shape index (κ1) is 11.2. The van der Waals surface area contributed by atoms with Gasteiger partial charge in [-0.15, -0.1) is 0 Å². The van der Waals surface area contributed by atoms with Crippen molar-refractivity contribution in [3.05, 3.63) is 17.7 Å². The van der Waals surface area contributed by atoms with Gasteiger partial charge in [0.05, 0.1) is 14.2 Å². The van der Waals surface area contributed by atoms with E-state index in [9.17, 15) is 9.18 Å². The molecule has 0 aliphatic carbocycles. The molecule has 1 aromatic heterocycles. The normalized spacial score (nSPS) is 9.60. The third-order valence-electron chi connectivity index (χ3n) is 1.83. The Morgan fingerprint density at radius 3 is 2.47 bits per heavy atom. The van der Waals surface area contributed by atoms with Crippen LogP contribution in [0.15, 0.2) is 6.20 Å². The second-order valence-corrected chi connectivity index (χ2v) is 2.61. The average molecular weight is 214 g/mol. The van der Waals surface area contributed by atoms with Gasteiger partial charge in [-0.05, 0) is 0 Å². The molecule has 5 nitrogen and oxygen atoms in total. The smallest absolute Gasteiger partial charge is 0.259 e. The van der Waals surface area contributed by atoms with E-state index in [-0.39, 0.29) is 17.1 Å². The van der Waals surface area contributed by atoms with Crippen LogP contribution in [0.4, 0.5) is 4.39 Å². The van der Waals surface area contributed by atoms with Crippen molar-refractivity contribution in [1.82, 2.24) is 10.3 Å². The van der Waals surface area contributed by atoms with Crippen molar-refractivity contribution in [3.63, 3.8) is 0 Å². The molecule has 1 amide bonds. The fourth-order valence-corrected chi connectivity index (χ4v) is 1.13. The van der Waals surface area contributed by atoms with Crippen LogP contribution in [-0.2, 0) is 0 Å². The SMILES string of the molecule is CNC(=O)c1cnc(F)c(OC)c1OC. The van der Waals surface area contributed by atoms with Crippen LogP contribution in [-0.4, -0.2) is 32.2 Å². The van der Waals surface area contributed by atoms with Gasteiger partial charge in [0.1, 0.15) is 5.56 Å². The van der Waals surface area contributed by atoms with E-state index in [4.69, 9.17) is 9.47 Å². The Labute approximate surface area is 86.2 Å². The van der Waals surface area contributed by atoms with Crippen LogP contribution in [0, 0.1) is 5.95 Å². The van der Waals surface area contributed by atoms with E-state index in [0.29, 0.717) is 0 Å². The van der Waals surface area contributed by atoms with E-state index >= 15 is 0 Å². The number of amides is 1. The van der Waals surface area contributed by atoms with Crippen LogP contribution in [0.1, 0.15) is 10.4 Å². The van der Waals surface area contributed by atoms with Gasteiger partial charge in [-0.2, -0.15) is 4.39 Å². The van der Waals surface area contributed by atoms with Crippen molar-refractivity contribution < 1.29 is 18.7 Å². The predicted molar refractivity (Wildman–Crippen MR) is 50.7 cm³/mol. The molecule has 0 bridgehead atoms. The Bertz CT molecular complexity index is 382. The Morgan fingerprint density at radius 1 is 1.40 bits per heavy atom. The zero-order chi connectivity index (χ0) is 11.4. The minimum atomic E-state index is -0.818. The first-order valence-corrected chi connectivity index (χ1v) is 4.14. The number of carbonyl (C=O) groups excluding carboxylic acids is 1. The van der Waals surface area contributed by atoms with Crippen molar-refractivity contribution in [3.8, 4) is 11.5 Å². The zero-order valence-electron chi connectivity index (χ0n) is 8.63. The minimum absolute atomic E-state index is 0.0318. The molecular formula is C9H11FN2O3. The van der Waals surface area contributed by atoms with E-state index < -0.39 is 11.9 Å². The van der Waals surface area contributed by atoms with E-state index in [2.05, 4.69) is 10.3 Å². The molecule has 0 unspecified atom stereocenters. The Hall–Kier alpha value is -1.85. The molecule has 0 saturated carbocycles. The maximum absolute atomic E-state index is 13.1. The standard InChI is InChI=1S/C9H11FN2O3/c1-11-9(13)5-4-12-8(10)7(15-3)6(5)14-2/h4H,1-3H3,(H,11,13). The van der Waals surface area contributed by atoms with Crippen LogP contribution in [0.2, 0.25) is 0 Å². The molecule has 0 atom stereocenters. The molecule has 1 N–H and O–H groups in total.